The largest absolute Gasteiger partial charge is 0.465 e. The lowest BCUT2D eigenvalue weighted by atomic mass is 10.1. The third-order valence-electron chi connectivity index (χ3n) is 4.01. The third-order valence-corrected chi connectivity index (χ3v) is 4.01. The number of hydrogen-bond acceptors (Lipinski definition) is 4. The Morgan fingerprint density at radius 1 is 1.48 bits per heavy atom. The van der Waals surface area contributed by atoms with E-state index < -0.39 is 0 Å². The van der Waals surface area contributed by atoms with Gasteiger partial charge in [0.1, 0.15) is 11.5 Å². The number of rotatable bonds is 7. The van der Waals surface area contributed by atoms with Gasteiger partial charge in [-0.3, -0.25) is 4.90 Å². The number of nitrogens with zero attached hydrogens (tertiary/aromatic N) is 1. The Bertz CT molecular complexity index is 426. The molecule has 1 aromatic rings. The van der Waals surface area contributed by atoms with Gasteiger partial charge in [-0.2, -0.15) is 0 Å². The van der Waals surface area contributed by atoms with Crippen LogP contribution in [0, 0.1) is 6.92 Å². The summed E-state index contributed by atoms with van der Waals surface area (Å²) in [5.74, 6) is 2.09. The number of piperidine rings is 1. The van der Waals surface area contributed by atoms with Gasteiger partial charge >= 0.3 is 0 Å². The van der Waals surface area contributed by atoms with E-state index in [1.54, 1.807) is 0 Å². The van der Waals surface area contributed by atoms with Gasteiger partial charge in [0.05, 0.1) is 12.6 Å². The van der Waals surface area contributed by atoms with Crippen molar-refractivity contribution in [3.05, 3.63) is 23.2 Å². The fraction of sp³-hybridized carbons (Fsp3) is 0.765. The first-order chi connectivity index (χ1) is 10.1. The van der Waals surface area contributed by atoms with Crippen molar-refractivity contribution >= 4 is 0 Å². The lowest BCUT2D eigenvalue weighted by molar-refractivity contribution is 0.00352. The molecule has 4 heteroatoms. The third kappa shape index (κ3) is 5.13. The number of hydrogen-bond donors (Lipinski definition) is 1. The summed E-state index contributed by atoms with van der Waals surface area (Å²) in [6.45, 7) is 13.2. The van der Waals surface area contributed by atoms with Crippen LogP contribution in [-0.2, 0) is 17.8 Å². The molecule has 0 radical (unpaired) electrons. The van der Waals surface area contributed by atoms with Crippen molar-refractivity contribution in [1.82, 2.24) is 10.2 Å². The van der Waals surface area contributed by atoms with E-state index in [0.29, 0.717) is 12.1 Å². The Hall–Kier alpha value is -0.840. The van der Waals surface area contributed by atoms with Crippen molar-refractivity contribution in [1.29, 1.82) is 0 Å². The smallest absolute Gasteiger partial charge is 0.118 e. The van der Waals surface area contributed by atoms with Crippen molar-refractivity contribution in [3.8, 4) is 0 Å². The Morgan fingerprint density at radius 2 is 2.29 bits per heavy atom. The minimum atomic E-state index is 0.401. The Balaban J connectivity index is 1.89. The molecule has 1 aliphatic heterocycles. The fourth-order valence-electron chi connectivity index (χ4n) is 2.91. The van der Waals surface area contributed by atoms with Gasteiger partial charge in [-0.15, -0.1) is 0 Å². The highest BCUT2D eigenvalue weighted by Gasteiger charge is 2.21. The van der Waals surface area contributed by atoms with Crippen LogP contribution in [0.5, 0.6) is 0 Å². The molecule has 1 aromatic heterocycles. The normalized spacial score (nSPS) is 20.3. The van der Waals surface area contributed by atoms with Crippen LogP contribution < -0.4 is 5.32 Å². The highest BCUT2D eigenvalue weighted by molar-refractivity contribution is 5.21. The summed E-state index contributed by atoms with van der Waals surface area (Å²) in [5, 5.41) is 3.40. The molecule has 0 spiro atoms. The molecular formula is C17H30N2O2. The zero-order valence-electron chi connectivity index (χ0n) is 13.9. The van der Waals surface area contributed by atoms with Gasteiger partial charge < -0.3 is 14.5 Å². The second kappa shape index (κ2) is 7.97. The molecule has 1 unspecified atom stereocenters. The minimum absolute atomic E-state index is 0.401. The van der Waals surface area contributed by atoms with Crippen LogP contribution in [0.4, 0.5) is 0 Å². The summed E-state index contributed by atoms with van der Waals surface area (Å²) in [4.78, 5) is 2.49. The average molecular weight is 294 g/mol. The maximum atomic E-state index is 5.86. The van der Waals surface area contributed by atoms with Crippen LogP contribution in [0.3, 0.4) is 0 Å². The van der Waals surface area contributed by atoms with E-state index in [0.717, 1.165) is 44.3 Å². The molecular weight excluding hydrogens is 264 g/mol. The zero-order valence-corrected chi connectivity index (χ0v) is 13.9. The Morgan fingerprint density at radius 3 is 3.00 bits per heavy atom. The topological polar surface area (TPSA) is 37.6 Å². The summed E-state index contributed by atoms with van der Waals surface area (Å²) < 4.78 is 11.6. The molecule has 1 N–H and O–H groups in total. The molecule has 2 heterocycles. The summed E-state index contributed by atoms with van der Waals surface area (Å²) in [7, 11) is 0. The van der Waals surface area contributed by atoms with E-state index in [4.69, 9.17) is 9.15 Å². The van der Waals surface area contributed by atoms with Crippen molar-refractivity contribution < 1.29 is 9.15 Å². The van der Waals surface area contributed by atoms with E-state index in [1.807, 2.05) is 0 Å². The molecule has 1 atom stereocenters. The Kier molecular flexibility index (Phi) is 6.27. The van der Waals surface area contributed by atoms with E-state index in [2.05, 4.69) is 44.0 Å². The molecule has 1 fully saturated rings. The lowest BCUT2D eigenvalue weighted by Gasteiger charge is -2.32. The fourth-order valence-corrected chi connectivity index (χ4v) is 2.91. The maximum absolute atomic E-state index is 5.86. The molecule has 0 bridgehead atoms. The number of likely N-dealkylation sites (tertiary alicyclic amines) is 1. The molecule has 120 valence electrons. The van der Waals surface area contributed by atoms with Crippen LogP contribution in [0.15, 0.2) is 10.5 Å². The van der Waals surface area contributed by atoms with Crippen molar-refractivity contribution in [2.75, 3.05) is 19.7 Å². The van der Waals surface area contributed by atoms with Crippen LogP contribution in [0.2, 0.25) is 0 Å². The molecule has 0 amide bonds. The van der Waals surface area contributed by atoms with Crippen LogP contribution in [0.25, 0.3) is 0 Å². The van der Waals surface area contributed by atoms with Crippen LogP contribution >= 0.6 is 0 Å². The maximum Gasteiger partial charge on any atom is 0.118 e. The lowest BCUT2D eigenvalue weighted by Crippen LogP contribution is -2.39. The van der Waals surface area contributed by atoms with Gasteiger partial charge in [0.25, 0.3) is 0 Å². The number of nitrogens with one attached hydrogen (secondary N) is 1. The molecule has 4 nitrogen and oxygen atoms in total. The number of ether oxygens (including phenoxy) is 1. The SMILES string of the molecule is CCOC1CCCN(Cc2cc(CNC(C)C)oc2C)C1. The summed E-state index contributed by atoms with van der Waals surface area (Å²) >= 11 is 0. The Labute approximate surface area is 128 Å². The molecule has 0 aromatic carbocycles. The van der Waals surface area contributed by atoms with Gasteiger partial charge in [0.2, 0.25) is 0 Å². The average Bonchev–Trinajstić information content (AvgIpc) is 2.78. The van der Waals surface area contributed by atoms with E-state index in [9.17, 15) is 0 Å². The second-order valence-electron chi connectivity index (χ2n) is 6.28. The van der Waals surface area contributed by atoms with E-state index in [1.165, 1.54) is 18.4 Å². The molecule has 1 aliphatic rings. The van der Waals surface area contributed by atoms with Crippen molar-refractivity contribution in [2.45, 2.75) is 65.8 Å². The van der Waals surface area contributed by atoms with E-state index >= 15 is 0 Å². The first-order valence-electron chi connectivity index (χ1n) is 8.24. The van der Waals surface area contributed by atoms with Gasteiger partial charge in [-0.05, 0) is 39.3 Å². The van der Waals surface area contributed by atoms with Gasteiger partial charge in [-0.1, -0.05) is 13.8 Å². The summed E-state index contributed by atoms with van der Waals surface area (Å²) in [6, 6.07) is 2.68. The highest BCUT2D eigenvalue weighted by Crippen LogP contribution is 2.20. The molecule has 1 saturated heterocycles. The molecule has 21 heavy (non-hydrogen) atoms. The predicted molar refractivity (Wildman–Crippen MR) is 85.3 cm³/mol. The van der Waals surface area contributed by atoms with Crippen LogP contribution in [-0.4, -0.2) is 36.7 Å². The predicted octanol–water partition coefficient (Wildman–Crippen LogP) is 3.09. The van der Waals surface area contributed by atoms with Gasteiger partial charge in [-0.25, -0.2) is 0 Å². The minimum Gasteiger partial charge on any atom is -0.465 e. The van der Waals surface area contributed by atoms with E-state index in [-0.39, 0.29) is 0 Å². The first-order valence-corrected chi connectivity index (χ1v) is 8.24. The summed E-state index contributed by atoms with van der Waals surface area (Å²) in [6.07, 6.45) is 2.82. The highest BCUT2D eigenvalue weighted by atomic mass is 16.5. The van der Waals surface area contributed by atoms with Gasteiger partial charge in [0.15, 0.2) is 0 Å². The molecule has 0 aliphatic carbocycles. The van der Waals surface area contributed by atoms with Crippen LogP contribution in [0.1, 0.15) is 50.7 Å². The van der Waals surface area contributed by atoms with Gasteiger partial charge in [0, 0.05) is 31.3 Å². The standard InChI is InChI=1S/C17H30N2O2/c1-5-20-16-7-6-8-19(12-16)11-15-9-17(21-14(15)4)10-18-13(2)3/h9,13,16,18H,5-8,10-12H2,1-4H3. The number of furan rings is 1. The summed E-state index contributed by atoms with van der Waals surface area (Å²) in [5.41, 5.74) is 1.31. The van der Waals surface area contributed by atoms with Crippen molar-refractivity contribution in [3.63, 3.8) is 0 Å². The zero-order chi connectivity index (χ0) is 15.2. The quantitative estimate of drug-likeness (QED) is 0.838. The first kappa shape index (κ1) is 16.5. The second-order valence-corrected chi connectivity index (χ2v) is 6.28. The monoisotopic (exact) mass is 294 g/mol. The number of aryl methyl sites for hydroxylation is 1. The molecule has 2 rings (SSSR count). The molecule has 0 saturated carbocycles. The van der Waals surface area contributed by atoms with Crippen molar-refractivity contribution in [2.24, 2.45) is 0 Å².